The number of carbonyl (C=O) groups excluding carboxylic acids is 1. The number of amides is 1. The summed E-state index contributed by atoms with van der Waals surface area (Å²) in [6.45, 7) is 6.30. The lowest BCUT2D eigenvalue weighted by Gasteiger charge is -2.41. The van der Waals surface area contributed by atoms with Gasteiger partial charge in [-0.05, 0) is 18.6 Å². The van der Waals surface area contributed by atoms with Gasteiger partial charge in [-0.1, -0.05) is 239 Å². The van der Waals surface area contributed by atoms with Crippen molar-refractivity contribution in [2.75, 3.05) is 18.1 Å². The van der Waals surface area contributed by atoms with Gasteiger partial charge in [-0.15, -0.1) is 0 Å². The molecule has 0 aromatic carbocycles. The van der Waals surface area contributed by atoms with Crippen molar-refractivity contribution in [3.05, 3.63) is 0 Å². The molecule has 1 aliphatic heterocycles. The zero-order valence-corrected chi connectivity index (χ0v) is 41.6. The van der Waals surface area contributed by atoms with Gasteiger partial charge in [0.25, 0.3) is 0 Å². The lowest BCUT2D eigenvalue weighted by Crippen LogP contribution is -2.60. The maximum absolute atomic E-state index is 13.1. The third kappa shape index (κ3) is 32.3. The summed E-state index contributed by atoms with van der Waals surface area (Å²) < 4.78 is 11.7. The molecule has 0 aliphatic carbocycles. The van der Waals surface area contributed by atoms with Gasteiger partial charge in [0.05, 0.1) is 24.9 Å². The van der Waals surface area contributed by atoms with Crippen LogP contribution in [0.15, 0.2) is 0 Å². The van der Waals surface area contributed by atoms with Crippen molar-refractivity contribution in [2.24, 2.45) is 0 Å². The van der Waals surface area contributed by atoms with Gasteiger partial charge in [0.1, 0.15) is 24.4 Å². The molecule has 1 aliphatic rings. The molecule has 62 heavy (non-hydrogen) atoms. The van der Waals surface area contributed by atoms with Crippen LogP contribution in [-0.2, 0) is 14.3 Å². The fraction of sp³-hybridized carbons (Fsp3) is 0.981. The number of rotatable bonds is 46. The largest absolute Gasteiger partial charge is 0.390 e. The Morgan fingerprint density at radius 2 is 0.903 bits per heavy atom. The lowest BCUT2D eigenvalue weighted by molar-refractivity contribution is -0.294. The Kier molecular flexibility index (Phi) is 41.4. The van der Waals surface area contributed by atoms with Crippen LogP contribution < -0.4 is 5.32 Å². The van der Waals surface area contributed by atoms with Crippen LogP contribution in [-0.4, -0.2) is 98.5 Å². The van der Waals surface area contributed by atoms with Crippen LogP contribution in [0, 0.1) is 0 Å². The summed E-state index contributed by atoms with van der Waals surface area (Å²) in [4.78, 5) is 13.1. The highest BCUT2D eigenvalue weighted by molar-refractivity contribution is 7.99. The zero-order valence-electron chi connectivity index (χ0n) is 40.8. The van der Waals surface area contributed by atoms with E-state index in [9.17, 15) is 30.3 Å². The van der Waals surface area contributed by atoms with Crippen molar-refractivity contribution in [3.8, 4) is 0 Å². The highest BCUT2D eigenvalue weighted by atomic mass is 32.2. The zero-order chi connectivity index (χ0) is 45.3. The molecule has 0 aromatic heterocycles. The molecule has 8 atom stereocenters. The van der Waals surface area contributed by atoms with Crippen LogP contribution in [0.4, 0.5) is 0 Å². The Balaban J connectivity index is 2.32. The summed E-state index contributed by atoms with van der Waals surface area (Å²) in [6, 6.07) is -0.928. The number of hydrogen-bond donors (Lipinski definition) is 6. The second kappa shape index (κ2) is 43.1. The van der Waals surface area contributed by atoms with Gasteiger partial charge in [0.2, 0.25) is 5.91 Å². The first-order chi connectivity index (χ1) is 30.3. The van der Waals surface area contributed by atoms with Gasteiger partial charge >= 0.3 is 0 Å². The number of ether oxygens (including phenoxy) is 2. The Morgan fingerprint density at radius 1 is 0.532 bits per heavy atom. The highest BCUT2D eigenvalue weighted by Crippen LogP contribution is 2.25. The van der Waals surface area contributed by atoms with E-state index < -0.39 is 49.0 Å². The van der Waals surface area contributed by atoms with Crippen LogP contribution >= 0.6 is 11.8 Å². The van der Waals surface area contributed by atoms with E-state index in [0.717, 1.165) is 44.3 Å². The molecule has 0 spiro atoms. The van der Waals surface area contributed by atoms with Crippen molar-refractivity contribution in [3.63, 3.8) is 0 Å². The number of thioether (sulfide) groups is 1. The van der Waals surface area contributed by atoms with Crippen LogP contribution in [0.5, 0.6) is 0 Å². The average molecular weight is 902 g/mol. The molecule has 6 N–H and O–H groups in total. The molecule has 1 saturated heterocycles. The maximum Gasteiger partial charge on any atom is 0.220 e. The maximum atomic E-state index is 13.1. The first kappa shape index (κ1) is 59.6. The molecule has 1 rings (SSSR count). The van der Waals surface area contributed by atoms with Gasteiger partial charge in [0, 0.05) is 12.2 Å². The van der Waals surface area contributed by atoms with Gasteiger partial charge in [0.15, 0.2) is 6.29 Å². The molecule has 10 heteroatoms. The molecule has 1 fully saturated rings. The molecule has 0 bridgehead atoms. The Morgan fingerprint density at radius 3 is 1.29 bits per heavy atom. The van der Waals surface area contributed by atoms with Crippen molar-refractivity contribution >= 4 is 17.7 Å². The SMILES string of the molecule is CCCCCCCCCCCCCCCCCCCCCCCCCC(=O)N[C@@H](CO[C@H]1O[C@H](CSCC)[C@H](O)[C@H](O)[C@H]1O)[C@H](O)[C@H](O)CCCCCCCCCCCCCC. The molecule has 1 amide bonds. The van der Waals surface area contributed by atoms with E-state index >= 15 is 0 Å². The Hall–Kier alpha value is -0.460. The topological polar surface area (TPSA) is 149 Å². The van der Waals surface area contributed by atoms with Crippen LogP contribution in [0.3, 0.4) is 0 Å². The monoisotopic (exact) mass is 902 g/mol. The van der Waals surface area contributed by atoms with E-state index in [0.29, 0.717) is 18.6 Å². The molecule has 1 heterocycles. The van der Waals surface area contributed by atoms with E-state index in [1.807, 2.05) is 6.92 Å². The first-order valence-corrected chi connectivity index (χ1v) is 28.0. The highest BCUT2D eigenvalue weighted by Gasteiger charge is 2.44. The number of aliphatic hydroxyl groups excluding tert-OH is 5. The van der Waals surface area contributed by atoms with E-state index in [4.69, 9.17) is 9.47 Å². The normalized spacial score (nSPS) is 20.7. The minimum Gasteiger partial charge on any atom is -0.390 e. The van der Waals surface area contributed by atoms with Gasteiger partial charge in [-0.25, -0.2) is 0 Å². The van der Waals surface area contributed by atoms with Crippen LogP contribution in [0.2, 0.25) is 0 Å². The smallest absolute Gasteiger partial charge is 0.220 e. The minimum absolute atomic E-state index is 0.212. The molecule has 0 saturated carbocycles. The summed E-state index contributed by atoms with van der Waals surface area (Å²) >= 11 is 1.54. The fourth-order valence-electron chi connectivity index (χ4n) is 8.83. The Labute approximate surface area is 386 Å². The van der Waals surface area contributed by atoms with Crippen molar-refractivity contribution in [1.29, 1.82) is 0 Å². The lowest BCUT2D eigenvalue weighted by atomic mass is 9.98. The van der Waals surface area contributed by atoms with Gasteiger partial charge < -0.3 is 40.3 Å². The van der Waals surface area contributed by atoms with Crippen molar-refractivity contribution < 1.29 is 39.8 Å². The third-order valence-electron chi connectivity index (χ3n) is 13.1. The van der Waals surface area contributed by atoms with Crippen molar-refractivity contribution in [2.45, 2.75) is 307 Å². The second-order valence-electron chi connectivity index (χ2n) is 18.9. The fourth-order valence-corrected chi connectivity index (χ4v) is 9.58. The van der Waals surface area contributed by atoms with Gasteiger partial charge in [-0.3, -0.25) is 4.79 Å². The third-order valence-corrected chi connectivity index (χ3v) is 14.1. The molecule has 0 unspecified atom stereocenters. The summed E-state index contributed by atoms with van der Waals surface area (Å²) in [7, 11) is 0. The summed E-state index contributed by atoms with van der Waals surface area (Å²) in [5, 5.41) is 56.8. The standard InChI is InChI=1S/C52H103NO8S/c1-4-7-9-11-13-15-17-19-20-21-22-23-24-25-26-27-28-29-31-33-35-37-39-41-47(55)53-44(42-60-52-51(59)50(58)49(57)46(61-52)43-62-6-3)48(56)45(54)40-38-36-34-32-30-18-16-14-12-10-8-5-2/h44-46,48-52,54,56-59H,4-43H2,1-3H3,(H,53,55)/t44-,45+,46+,48-,49-,50-,51+,52-/m0/s1. The number of aliphatic hydroxyl groups is 5. The van der Waals surface area contributed by atoms with Crippen molar-refractivity contribution in [1.82, 2.24) is 5.32 Å². The summed E-state index contributed by atoms with van der Waals surface area (Å²) in [5.74, 6) is 1.01. The summed E-state index contributed by atoms with van der Waals surface area (Å²) in [5.41, 5.74) is 0. The predicted octanol–water partition coefficient (Wildman–Crippen LogP) is 12.2. The van der Waals surface area contributed by atoms with Gasteiger partial charge in [-0.2, -0.15) is 11.8 Å². The number of hydrogen-bond acceptors (Lipinski definition) is 9. The molecular formula is C52H103NO8S. The number of unbranched alkanes of at least 4 members (excludes halogenated alkanes) is 33. The minimum atomic E-state index is -1.50. The molecule has 9 nitrogen and oxygen atoms in total. The quantitative estimate of drug-likeness (QED) is 0.0328. The molecular weight excluding hydrogens is 799 g/mol. The van der Waals surface area contributed by atoms with Crippen LogP contribution in [0.25, 0.3) is 0 Å². The predicted molar refractivity (Wildman–Crippen MR) is 262 cm³/mol. The van der Waals surface area contributed by atoms with Crippen LogP contribution in [0.1, 0.15) is 258 Å². The number of nitrogens with one attached hydrogen (secondary N) is 1. The van der Waals surface area contributed by atoms with E-state index in [1.165, 1.54) is 186 Å². The summed E-state index contributed by atoms with van der Waals surface area (Å²) in [6.07, 6.45) is 37.1. The molecule has 0 radical (unpaired) electrons. The van der Waals surface area contributed by atoms with E-state index in [1.54, 1.807) is 11.8 Å². The molecule has 0 aromatic rings. The van der Waals surface area contributed by atoms with E-state index in [2.05, 4.69) is 19.2 Å². The second-order valence-corrected chi connectivity index (χ2v) is 20.3. The Bertz CT molecular complexity index is 964. The van der Waals surface area contributed by atoms with E-state index in [-0.39, 0.29) is 12.5 Å². The number of carbonyl (C=O) groups is 1. The first-order valence-electron chi connectivity index (χ1n) is 26.8. The average Bonchev–Trinajstić information content (AvgIpc) is 3.27. The molecule has 370 valence electrons.